The molecule has 2 saturated heterocycles. The molecule has 0 unspecified atom stereocenters. The molecule has 0 amide bonds. The second-order valence-electron chi connectivity index (χ2n) is 10.6. The highest BCUT2D eigenvalue weighted by Crippen LogP contribution is 2.40. The fourth-order valence-electron chi connectivity index (χ4n) is 5.24. The smallest absolute Gasteiger partial charge is 0.239 e. The number of rotatable bonds is 8. The summed E-state index contributed by atoms with van der Waals surface area (Å²) in [7, 11) is 2.79. The van der Waals surface area contributed by atoms with Crippen LogP contribution in [0.25, 0.3) is 22.3 Å². The minimum Gasteiger partial charge on any atom is -0.508 e. The number of aliphatic hydroxyl groups is 6. The lowest BCUT2D eigenvalue weighted by molar-refractivity contribution is -0.354. The quantitative estimate of drug-likeness (QED) is 0.146. The van der Waals surface area contributed by atoms with Crippen molar-refractivity contribution < 1.29 is 73.7 Å². The molecular weight excluding hydrogens is 604 g/mol. The predicted molar refractivity (Wildman–Crippen MR) is 150 cm³/mol. The lowest BCUT2D eigenvalue weighted by Gasteiger charge is -2.45. The summed E-state index contributed by atoms with van der Waals surface area (Å²) >= 11 is 0. The van der Waals surface area contributed by atoms with Crippen molar-refractivity contribution in [2.75, 3.05) is 20.8 Å². The Morgan fingerprint density at radius 2 is 1.53 bits per heavy atom. The minimum atomic E-state index is -1.88. The summed E-state index contributed by atoms with van der Waals surface area (Å²) < 4.78 is 39.5. The van der Waals surface area contributed by atoms with E-state index in [4.69, 9.17) is 32.8 Å². The first kappa shape index (κ1) is 32.7. The Labute approximate surface area is 254 Å². The Kier molecular flexibility index (Phi) is 9.41. The second kappa shape index (κ2) is 13.0. The zero-order chi connectivity index (χ0) is 32.7. The Hall–Kier alpha value is -3.71. The van der Waals surface area contributed by atoms with E-state index in [1.165, 1.54) is 39.3 Å². The summed E-state index contributed by atoms with van der Waals surface area (Å²) in [6.07, 6.45) is -16.4. The maximum absolute atomic E-state index is 13.9. The molecule has 16 heteroatoms. The van der Waals surface area contributed by atoms with Crippen molar-refractivity contribution in [1.82, 2.24) is 0 Å². The van der Waals surface area contributed by atoms with Gasteiger partial charge in [0.25, 0.3) is 0 Å². The molecule has 2 aliphatic heterocycles. The fourth-order valence-corrected chi connectivity index (χ4v) is 5.24. The Morgan fingerprint density at radius 3 is 2.20 bits per heavy atom. The van der Waals surface area contributed by atoms with E-state index >= 15 is 0 Å². The van der Waals surface area contributed by atoms with E-state index in [1.54, 1.807) is 0 Å². The number of ether oxygens (including phenoxy) is 6. The number of methoxy groups -OCH3 is 2. The summed E-state index contributed by atoms with van der Waals surface area (Å²) in [5.74, 6) is -1.35. The van der Waals surface area contributed by atoms with Crippen LogP contribution in [0.5, 0.6) is 28.7 Å². The summed E-state index contributed by atoms with van der Waals surface area (Å²) in [5.41, 5.74) is -0.992. The van der Waals surface area contributed by atoms with E-state index < -0.39 is 96.1 Å². The lowest BCUT2D eigenvalue weighted by Crippen LogP contribution is -2.64. The van der Waals surface area contributed by atoms with Crippen LogP contribution < -0.4 is 19.6 Å². The predicted octanol–water partition coefficient (Wildman–Crippen LogP) is -1.08. The van der Waals surface area contributed by atoms with Gasteiger partial charge in [-0.15, -0.1) is 0 Å². The highest BCUT2D eigenvalue weighted by molar-refractivity contribution is 5.88. The SMILES string of the molecule is COc1ccc(-c2oc3cc(O)cc(O)c3c(=O)c2O[C@@H]2O[C@H](CO)[C@@H](O)[C@H](O)[C@H]2O[C@@H]2O[C@@H](C)[C@H](O)[C@@H](O)[C@H]2O)cc1OC. The van der Waals surface area contributed by atoms with Crippen molar-refractivity contribution >= 4 is 11.0 Å². The van der Waals surface area contributed by atoms with Crippen molar-refractivity contribution in [3.05, 3.63) is 40.6 Å². The first-order valence-corrected chi connectivity index (χ1v) is 13.8. The number of hydrogen-bond acceptors (Lipinski definition) is 16. The maximum Gasteiger partial charge on any atom is 0.239 e. The maximum atomic E-state index is 13.9. The van der Waals surface area contributed by atoms with Crippen molar-refractivity contribution in [3.63, 3.8) is 0 Å². The average molecular weight is 639 g/mol. The Bertz CT molecular complexity index is 1570. The van der Waals surface area contributed by atoms with Gasteiger partial charge in [-0.2, -0.15) is 0 Å². The van der Waals surface area contributed by atoms with Crippen LogP contribution in [0.4, 0.5) is 0 Å². The third kappa shape index (κ3) is 5.99. The van der Waals surface area contributed by atoms with Gasteiger partial charge in [0.2, 0.25) is 17.5 Å². The van der Waals surface area contributed by atoms with E-state index in [2.05, 4.69) is 0 Å². The molecule has 3 aromatic rings. The van der Waals surface area contributed by atoms with Crippen LogP contribution in [0, 0.1) is 0 Å². The van der Waals surface area contributed by atoms with Crippen LogP contribution >= 0.6 is 0 Å². The van der Waals surface area contributed by atoms with Gasteiger partial charge in [0.05, 0.1) is 26.9 Å². The van der Waals surface area contributed by atoms with Gasteiger partial charge >= 0.3 is 0 Å². The van der Waals surface area contributed by atoms with Gasteiger partial charge in [-0.3, -0.25) is 4.79 Å². The Morgan fingerprint density at radius 1 is 0.822 bits per heavy atom. The van der Waals surface area contributed by atoms with Crippen LogP contribution in [0.2, 0.25) is 0 Å². The molecule has 5 rings (SSSR count). The van der Waals surface area contributed by atoms with Crippen LogP contribution in [0.1, 0.15) is 6.92 Å². The molecule has 0 bridgehead atoms. The molecule has 0 radical (unpaired) electrons. The van der Waals surface area contributed by atoms with Crippen molar-refractivity contribution in [3.8, 4) is 40.1 Å². The molecule has 2 fully saturated rings. The average Bonchev–Trinajstić information content (AvgIpc) is 3.02. The third-order valence-electron chi connectivity index (χ3n) is 7.72. The lowest BCUT2D eigenvalue weighted by atomic mass is 9.97. The van der Waals surface area contributed by atoms with Gasteiger partial charge in [-0.1, -0.05) is 0 Å². The monoisotopic (exact) mass is 638 g/mol. The van der Waals surface area contributed by atoms with E-state index in [-0.39, 0.29) is 22.7 Å². The van der Waals surface area contributed by atoms with Gasteiger partial charge in [0, 0.05) is 17.7 Å². The highest BCUT2D eigenvalue weighted by atomic mass is 16.8. The zero-order valence-electron chi connectivity index (χ0n) is 24.2. The number of aliphatic hydroxyl groups excluding tert-OH is 6. The van der Waals surface area contributed by atoms with E-state index in [0.29, 0.717) is 5.75 Å². The first-order chi connectivity index (χ1) is 21.4. The van der Waals surface area contributed by atoms with Crippen molar-refractivity contribution in [2.45, 2.75) is 68.3 Å². The van der Waals surface area contributed by atoms with Gasteiger partial charge in [-0.25, -0.2) is 0 Å². The number of phenols is 2. The standard InChI is InChI=1S/C29H34O16/c1-10-19(33)22(36)24(38)28(41-10)45-27-23(37)20(34)17(9-30)43-29(27)44-26-21(35)18-13(32)7-12(31)8-16(18)42-25(26)11-4-5-14(39-2)15(6-11)40-3/h4-8,10,17,19-20,22-24,27-34,36-38H,9H2,1-3H3/t10-,17+,19-,20+,22+,23-,24+,27+,28-,29-/m0/s1. The Balaban J connectivity index is 1.63. The molecular formula is C29H34O16. The van der Waals surface area contributed by atoms with E-state index in [0.717, 1.165) is 12.1 Å². The van der Waals surface area contributed by atoms with Crippen LogP contribution in [0.3, 0.4) is 0 Å². The molecule has 2 aromatic carbocycles. The molecule has 0 spiro atoms. The van der Waals surface area contributed by atoms with Crippen LogP contribution in [-0.2, 0) is 14.2 Å². The fraction of sp³-hybridized carbons (Fsp3) is 0.483. The summed E-state index contributed by atoms with van der Waals surface area (Å²) in [6, 6.07) is 6.45. The van der Waals surface area contributed by atoms with Gasteiger partial charge in [0.15, 0.2) is 29.7 Å². The number of benzene rings is 2. The number of phenolic OH excluding ortho intramolecular Hbond substituents is 2. The number of hydrogen-bond donors (Lipinski definition) is 8. The third-order valence-corrected chi connectivity index (χ3v) is 7.72. The summed E-state index contributed by atoms with van der Waals surface area (Å²) in [6.45, 7) is 0.596. The van der Waals surface area contributed by atoms with Crippen molar-refractivity contribution in [1.29, 1.82) is 0 Å². The molecule has 3 heterocycles. The highest BCUT2D eigenvalue weighted by Gasteiger charge is 2.51. The molecule has 10 atom stereocenters. The summed E-state index contributed by atoms with van der Waals surface area (Å²) in [5, 5.41) is 82.5. The number of fused-ring (bicyclic) bond motifs is 1. The summed E-state index contributed by atoms with van der Waals surface area (Å²) in [4.78, 5) is 13.9. The minimum absolute atomic E-state index is 0.189. The molecule has 8 N–H and O–H groups in total. The van der Waals surface area contributed by atoms with Gasteiger partial charge in [0.1, 0.15) is 59.1 Å². The number of aromatic hydroxyl groups is 2. The molecule has 0 aliphatic carbocycles. The second-order valence-corrected chi connectivity index (χ2v) is 10.6. The van der Waals surface area contributed by atoms with Crippen LogP contribution in [-0.4, -0.2) is 123 Å². The van der Waals surface area contributed by atoms with E-state index in [9.17, 15) is 45.6 Å². The zero-order valence-corrected chi connectivity index (χ0v) is 24.2. The molecule has 45 heavy (non-hydrogen) atoms. The first-order valence-electron chi connectivity index (χ1n) is 13.8. The normalized spacial score (nSPS) is 31.9. The van der Waals surface area contributed by atoms with Gasteiger partial charge < -0.3 is 73.7 Å². The molecule has 0 saturated carbocycles. The van der Waals surface area contributed by atoms with Gasteiger partial charge in [-0.05, 0) is 25.1 Å². The topological polar surface area (TPSA) is 247 Å². The van der Waals surface area contributed by atoms with E-state index in [1.807, 2.05) is 0 Å². The van der Waals surface area contributed by atoms with Crippen LogP contribution in [0.15, 0.2) is 39.5 Å². The molecule has 246 valence electrons. The molecule has 1 aromatic heterocycles. The molecule has 16 nitrogen and oxygen atoms in total. The largest absolute Gasteiger partial charge is 0.508 e. The van der Waals surface area contributed by atoms with Crippen molar-refractivity contribution in [2.24, 2.45) is 0 Å². The molecule has 2 aliphatic rings.